The maximum Gasteiger partial charge on any atom is 0.279 e. The quantitative estimate of drug-likeness (QED) is 0.549. The molecule has 0 bridgehead atoms. The summed E-state index contributed by atoms with van der Waals surface area (Å²) in [6.07, 6.45) is 0. The largest absolute Gasteiger partial charge is 0.495 e. The smallest absolute Gasteiger partial charge is 0.279 e. The topological polar surface area (TPSA) is 73.2 Å². The van der Waals surface area contributed by atoms with Crippen LogP contribution in [0, 0.1) is 0 Å². The number of ether oxygens (including phenoxy) is 1. The summed E-state index contributed by atoms with van der Waals surface area (Å²) in [7, 11) is 1.52. The van der Waals surface area contributed by atoms with Gasteiger partial charge in [-0.05, 0) is 36.4 Å². The van der Waals surface area contributed by atoms with Crippen molar-refractivity contribution in [3.63, 3.8) is 0 Å². The van der Waals surface area contributed by atoms with E-state index in [-0.39, 0.29) is 11.3 Å². The van der Waals surface area contributed by atoms with Crippen molar-refractivity contribution in [3.05, 3.63) is 93.9 Å². The van der Waals surface area contributed by atoms with Crippen molar-refractivity contribution in [2.45, 2.75) is 0 Å². The Bertz CT molecular complexity index is 1270. The van der Waals surface area contributed by atoms with Gasteiger partial charge < -0.3 is 10.1 Å². The van der Waals surface area contributed by atoms with E-state index in [1.54, 1.807) is 66.7 Å². The van der Waals surface area contributed by atoms with Crippen LogP contribution in [0.15, 0.2) is 77.6 Å². The Morgan fingerprint density at radius 3 is 2.38 bits per heavy atom. The molecule has 0 aliphatic heterocycles. The Morgan fingerprint density at radius 1 is 1.00 bits per heavy atom. The number of methoxy groups -OCH3 is 1. The molecule has 1 amide bonds. The number of anilines is 1. The zero-order valence-corrected chi connectivity index (χ0v) is 16.2. The molecular weight excluding hydrogens is 390 g/mol. The zero-order valence-electron chi connectivity index (χ0n) is 15.4. The Kier molecular flexibility index (Phi) is 5.01. The summed E-state index contributed by atoms with van der Waals surface area (Å²) in [4.78, 5) is 25.9. The van der Waals surface area contributed by atoms with Crippen molar-refractivity contribution in [2.24, 2.45) is 0 Å². The van der Waals surface area contributed by atoms with Gasteiger partial charge in [0.1, 0.15) is 5.75 Å². The average molecular weight is 406 g/mol. The van der Waals surface area contributed by atoms with Crippen LogP contribution in [0.2, 0.25) is 5.02 Å². The van der Waals surface area contributed by atoms with Crippen molar-refractivity contribution in [1.82, 2.24) is 9.78 Å². The number of hydrogen-bond acceptors (Lipinski definition) is 4. The zero-order chi connectivity index (χ0) is 20.4. The van der Waals surface area contributed by atoms with Crippen LogP contribution in [0.3, 0.4) is 0 Å². The molecule has 0 aliphatic carbocycles. The number of rotatable bonds is 4. The highest BCUT2D eigenvalue weighted by Gasteiger charge is 2.18. The summed E-state index contributed by atoms with van der Waals surface area (Å²) in [5.74, 6) is 0.0537. The number of carbonyl (C=O) groups excluding carboxylic acids is 1. The van der Waals surface area contributed by atoms with E-state index in [1.807, 2.05) is 6.07 Å². The van der Waals surface area contributed by atoms with E-state index in [2.05, 4.69) is 10.4 Å². The molecule has 0 saturated heterocycles. The van der Waals surface area contributed by atoms with E-state index in [0.717, 1.165) is 0 Å². The highest BCUT2D eigenvalue weighted by molar-refractivity contribution is 6.32. The van der Waals surface area contributed by atoms with Crippen molar-refractivity contribution < 1.29 is 9.53 Å². The van der Waals surface area contributed by atoms with Crippen LogP contribution in [-0.2, 0) is 0 Å². The number of nitrogens with zero attached hydrogens (tertiary/aromatic N) is 2. The van der Waals surface area contributed by atoms with E-state index < -0.39 is 5.91 Å². The van der Waals surface area contributed by atoms with Crippen LogP contribution in [-0.4, -0.2) is 22.8 Å². The van der Waals surface area contributed by atoms with Crippen molar-refractivity contribution in [3.8, 4) is 11.4 Å². The summed E-state index contributed by atoms with van der Waals surface area (Å²) in [6, 6.07) is 20.8. The fourth-order valence-electron chi connectivity index (χ4n) is 3.04. The molecule has 1 N–H and O–H groups in total. The SMILES string of the molecule is COc1ccc(NC(=O)c2nn(-c3ccccc3)c(=O)c3ccccc23)cc1Cl. The summed E-state index contributed by atoms with van der Waals surface area (Å²) in [6.45, 7) is 0. The fraction of sp³-hybridized carbons (Fsp3) is 0.0455. The third-order valence-corrected chi connectivity index (χ3v) is 4.73. The number of halogens is 1. The molecule has 4 aromatic rings. The standard InChI is InChI=1S/C22H16ClN3O3/c1-29-19-12-11-14(13-18(19)23)24-21(27)20-16-9-5-6-10-17(16)22(28)26(25-20)15-7-3-2-4-8-15/h2-13H,1H3,(H,24,27). The van der Waals surface area contributed by atoms with Gasteiger partial charge in [-0.3, -0.25) is 9.59 Å². The molecule has 1 heterocycles. The molecule has 0 spiro atoms. The Balaban J connectivity index is 1.82. The van der Waals surface area contributed by atoms with E-state index >= 15 is 0 Å². The molecule has 4 rings (SSSR count). The van der Waals surface area contributed by atoms with E-state index in [1.165, 1.54) is 11.8 Å². The van der Waals surface area contributed by atoms with E-state index in [0.29, 0.717) is 32.9 Å². The molecule has 0 fully saturated rings. The van der Waals surface area contributed by atoms with Gasteiger partial charge in [-0.2, -0.15) is 9.78 Å². The van der Waals surface area contributed by atoms with Crippen LogP contribution in [0.1, 0.15) is 10.5 Å². The second kappa shape index (κ2) is 7.77. The van der Waals surface area contributed by atoms with Gasteiger partial charge in [0, 0.05) is 11.1 Å². The lowest BCUT2D eigenvalue weighted by molar-refractivity contribution is 0.102. The second-order valence-electron chi connectivity index (χ2n) is 6.25. The molecule has 1 aromatic heterocycles. The summed E-state index contributed by atoms with van der Waals surface area (Å²) in [5, 5.41) is 8.39. The predicted molar refractivity (Wildman–Crippen MR) is 113 cm³/mol. The van der Waals surface area contributed by atoms with Gasteiger partial charge >= 0.3 is 0 Å². The van der Waals surface area contributed by atoms with Gasteiger partial charge in [-0.1, -0.05) is 48.0 Å². The minimum absolute atomic E-state index is 0.135. The monoisotopic (exact) mass is 405 g/mol. The van der Waals surface area contributed by atoms with Gasteiger partial charge in [0.25, 0.3) is 11.5 Å². The lowest BCUT2D eigenvalue weighted by Crippen LogP contribution is -2.26. The summed E-state index contributed by atoms with van der Waals surface area (Å²) in [5.41, 5.74) is 0.903. The minimum atomic E-state index is -0.452. The normalized spacial score (nSPS) is 10.7. The van der Waals surface area contributed by atoms with Gasteiger partial charge in [0.05, 0.1) is 23.2 Å². The van der Waals surface area contributed by atoms with Crippen LogP contribution in [0.5, 0.6) is 5.75 Å². The maximum atomic E-state index is 13.0. The molecular formula is C22H16ClN3O3. The molecule has 144 valence electrons. The van der Waals surface area contributed by atoms with Crippen LogP contribution in [0.25, 0.3) is 16.5 Å². The number of fused-ring (bicyclic) bond motifs is 1. The Labute approximate surface area is 171 Å². The van der Waals surface area contributed by atoms with Crippen molar-refractivity contribution >= 4 is 34.0 Å². The summed E-state index contributed by atoms with van der Waals surface area (Å²) < 4.78 is 6.36. The molecule has 0 aliphatic rings. The number of aromatic nitrogens is 2. The van der Waals surface area contributed by atoms with Crippen LogP contribution < -0.4 is 15.6 Å². The second-order valence-corrected chi connectivity index (χ2v) is 6.66. The molecule has 0 radical (unpaired) electrons. The predicted octanol–water partition coefficient (Wildman–Crippen LogP) is 4.30. The maximum absolute atomic E-state index is 13.0. The van der Waals surface area contributed by atoms with Crippen molar-refractivity contribution in [1.29, 1.82) is 0 Å². The van der Waals surface area contributed by atoms with E-state index in [9.17, 15) is 9.59 Å². The molecule has 7 heteroatoms. The lowest BCUT2D eigenvalue weighted by atomic mass is 10.1. The number of carbonyl (C=O) groups is 1. The number of nitrogens with one attached hydrogen (secondary N) is 1. The molecule has 0 atom stereocenters. The Hall–Kier alpha value is -3.64. The number of hydrogen-bond donors (Lipinski definition) is 1. The van der Waals surface area contributed by atoms with Gasteiger partial charge in [-0.15, -0.1) is 0 Å². The first kappa shape index (κ1) is 18.7. The minimum Gasteiger partial charge on any atom is -0.495 e. The van der Waals surface area contributed by atoms with E-state index in [4.69, 9.17) is 16.3 Å². The van der Waals surface area contributed by atoms with Crippen LogP contribution in [0.4, 0.5) is 5.69 Å². The number of benzene rings is 3. The molecule has 3 aromatic carbocycles. The molecule has 6 nitrogen and oxygen atoms in total. The van der Waals surface area contributed by atoms with Gasteiger partial charge in [-0.25, -0.2) is 0 Å². The van der Waals surface area contributed by atoms with Crippen molar-refractivity contribution in [2.75, 3.05) is 12.4 Å². The Morgan fingerprint density at radius 2 is 1.69 bits per heavy atom. The first-order valence-electron chi connectivity index (χ1n) is 8.81. The number of para-hydroxylation sites is 1. The first-order chi connectivity index (χ1) is 14.1. The fourth-order valence-corrected chi connectivity index (χ4v) is 3.29. The lowest BCUT2D eigenvalue weighted by Gasteiger charge is -2.12. The molecule has 29 heavy (non-hydrogen) atoms. The molecule has 0 unspecified atom stereocenters. The number of amides is 1. The average Bonchev–Trinajstić information content (AvgIpc) is 2.75. The highest BCUT2D eigenvalue weighted by Crippen LogP contribution is 2.27. The highest BCUT2D eigenvalue weighted by atomic mass is 35.5. The van der Waals surface area contributed by atoms with Gasteiger partial charge in [0.15, 0.2) is 5.69 Å². The van der Waals surface area contributed by atoms with Gasteiger partial charge in [0.2, 0.25) is 0 Å². The first-order valence-corrected chi connectivity index (χ1v) is 9.18. The third kappa shape index (κ3) is 3.58. The summed E-state index contributed by atoms with van der Waals surface area (Å²) >= 11 is 6.14. The van der Waals surface area contributed by atoms with Crippen LogP contribution >= 0.6 is 11.6 Å². The third-order valence-electron chi connectivity index (χ3n) is 4.43. The molecule has 0 saturated carbocycles.